The molecule has 2 unspecified atom stereocenters. The smallest absolute Gasteiger partial charge is 0.123 e. The van der Waals surface area contributed by atoms with Crippen molar-refractivity contribution in [1.82, 2.24) is 4.90 Å². The average Bonchev–Trinajstić information content (AvgIpc) is 2.46. The molecule has 0 spiro atoms. The zero-order valence-corrected chi connectivity index (χ0v) is 12.7. The Labute approximate surface area is 122 Å². The largest absolute Gasteiger partial charge is 0.326 e. The van der Waals surface area contributed by atoms with Crippen LogP contribution in [0.4, 0.5) is 4.39 Å². The maximum atomic E-state index is 13.1. The molecule has 1 fully saturated rings. The van der Waals surface area contributed by atoms with E-state index in [0.717, 1.165) is 12.1 Å². The van der Waals surface area contributed by atoms with Gasteiger partial charge in [-0.15, -0.1) is 0 Å². The van der Waals surface area contributed by atoms with Gasteiger partial charge in [0.05, 0.1) is 0 Å². The van der Waals surface area contributed by atoms with E-state index in [-0.39, 0.29) is 17.9 Å². The SMILES string of the molecule is CCN(C1CCCCC1)C(c1ccc(F)cc1)C(C)N. The van der Waals surface area contributed by atoms with Crippen molar-refractivity contribution in [3.63, 3.8) is 0 Å². The van der Waals surface area contributed by atoms with Gasteiger partial charge in [-0.3, -0.25) is 4.90 Å². The number of rotatable bonds is 5. The van der Waals surface area contributed by atoms with Gasteiger partial charge in [-0.1, -0.05) is 38.3 Å². The molecule has 112 valence electrons. The summed E-state index contributed by atoms with van der Waals surface area (Å²) in [5, 5.41) is 0. The molecule has 0 aliphatic heterocycles. The molecule has 0 radical (unpaired) electrons. The van der Waals surface area contributed by atoms with Crippen molar-refractivity contribution in [3.05, 3.63) is 35.6 Å². The van der Waals surface area contributed by atoms with E-state index in [0.29, 0.717) is 6.04 Å². The number of hydrogen-bond acceptors (Lipinski definition) is 2. The molecule has 2 rings (SSSR count). The number of benzene rings is 1. The number of halogens is 1. The second-order valence-electron chi connectivity index (χ2n) is 5.98. The Kier molecular flexibility index (Phi) is 5.55. The summed E-state index contributed by atoms with van der Waals surface area (Å²) in [5.41, 5.74) is 7.39. The molecule has 1 aromatic carbocycles. The van der Waals surface area contributed by atoms with Crippen molar-refractivity contribution in [3.8, 4) is 0 Å². The first-order valence-electron chi connectivity index (χ1n) is 7.90. The molecule has 2 atom stereocenters. The third-order valence-electron chi connectivity index (χ3n) is 4.48. The number of hydrogen-bond donors (Lipinski definition) is 1. The Morgan fingerprint density at radius 1 is 1.20 bits per heavy atom. The van der Waals surface area contributed by atoms with Gasteiger partial charge in [-0.05, 0) is 44.0 Å². The second-order valence-corrected chi connectivity index (χ2v) is 5.98. The Morgan fingerprint density at radius 3 is 2.30 bits per heavy atom. The summed E-state index contributed by atoms with van der Waals surface area (Å²) >= 11 is 0. The van der Waals surface area contributed by atoms with E-state index in [1.165, 1.54) is 32.1 Å². The highest BCUT2D eigenvalue weighted by Crippen LogP contribution is 2.31. The zero-order chi connectivity index (χ0) is 14.5. The summed E-state index contributed by atoms with van der Waals surface area (Å²) in [6, 6.07) is 7.70. The van der Waals surface area contributed by atoms with Gasteiger partial charge in [0.2, 0.25) is 0 Å². The Bertz CT molecular complexity index is 396. The standard InChI is InChI=1S/C17H27FN2/c1-3-20(16-7-5-4-6-8-16)17(13(2)19)14-9-11-15(18)12-10-14/h9-13,16-17H,3-8,19H2,1-2H3. The van der Waals surface area contributed by atoms with Crippen LogP contribution in [-0.4, -0.2) is 23.5 Å². The van der Waals surface area contributed by atoms with Gasteiger partial charge in [0, 0.05) is 18.1 Å². The summed E-state index contributed by atoms with van der Waals surface area (Å²) in [7, 11) is 0. The Morgan fingerprint density at radius 2 is 1.80 bits per heavy atom. The Hall–Kier alpha value is -0.930. The highest BCUT2D eigenvalue weighted by atomic mass is 19.1. The highest BCUT2D eigenvalue weighted by molar-refractivity contribution is 5.21. The van der Waals surface area contributed by atoms with Gasteiger partial charge < -0.3 is 5.73 Å². The van der Waals surface area contributed by atoms with Gasteiger partial charge in [0.15, 0.2) is 0 Å². The van der Waals surface area contributed by atoms with Gasteiger partial charge >= 0.3 is 0 Å². The molecule has 2 nitrogen and oxygen atoms in total. The van der Waals surface area contributed by atoms with Gasteiger partial charge in [-0.2, -0.15) is 0 Å². The van der Waals surface area contributed by atoms with E-state index in [1.54, 1.807) is 12.1 Å². The first kappa shape index (κ1) is 15.5. The van der Waals surface area contributed by atoms with Gasteiger partial charge in [-0.25, -0.2) is 4.39 Å². The molecule has 20 heavy (non-hydrogen) atoms. The number of nitrogens with two attached hydrogens (primary N) is 1. The molecule has 0 bridgehead atoms. The van der Waals surface area contributed by atoms with Gasteiger partial charge in [0.25, 0.3) is 0 Å². The quantitative estimate of drug-likeness (QED) is 0.886. The van der Waals surface area contributed by atoms with E-state index in [2.05, 4.69) is 18.7 Å². The zero-order valence-electron chi connectivity index (χ0n) is 12.7. The topological polar surface area (TPSA) is 29.3 Å². The predicted octanol–water partition coefficient (Wildman–Crippen LogP) is 3.87. The molecule has 0 aromatic heterocycles. The molecule has 0 amide bonds. The van der Waals surface area contributed by atoms with Crippen molar-refractivity contribution >= 4 is 0 Å². The molecule has 2 N–H and O–H groups in total. The molecule has 0 heterocycles. The summed E-state index contributed by atoms with van der Waals surface area (Å²) in [5.74, 6) is -0.183. The third kappa shape index (κ3) is 3.58. The van der Waals surface area contributed by atoms with Crippen molar-refractivity contribution in [2.45, 2.75) is 64.1 Å². The second kappa shape index (κ2) is 7.19. The van der Waals surface area contributed by atoms with Crippen molar-refractivity contribution in [2.75, 3.05) is 6.54 Å². The molecule has 1 aliphatic carbocycles. The molecular weight excluding hydrogens is 251 g/mol. The first-order valence-corrected chi connectivity index (χ1v) is 7.90. The van der Waals surface area contributed by atoms with E-state index >= 15 is 0 Å². The maximum absolute atomic E-state index is 13.1. The summed E-state index contributed by atoms with van der Waals surface area (Å²) in [6.07, 6.45) is 6.51. The van der Waals surface area contributed by atoms with E-state index < -0.39 is 0 Å². The minimum atomic E-state index is -0.183. The molecule has 0 saturated heterocycles. The van der Waals surface area contributed by atoms with Crippen LogP contribution < -0.4 is 5.73 Å². The summed E-state index contributed by atoms with van der Waals surface area (Å²) < 4.78 is 13.1. The van der Waals surface area contributed by atoms with Crippen molar-refractivity contribution < 1.29 is 4.39 Å². The minimum Gasteiger partial charge on any atom is -0.326 e. The molecule has 1 aliphatic rings. The molecular formula is C17H27FN2. The average molecular weight is 278 g/mol. The third-order valence-corrected chi connectivity index (χ3v) is 4.48. The lowest BCUT2D eigenvalue weighted by Gasteiger charge is -2.41. The van der Waals surface area contributed by atoms with E-state index in [4.69, 9.17) is 5.73 Å². The molecule has 1 aromatic rings. The lowest BCUT2D eigenvalue weighted by Crippen LogP contribution is -2.45. The normalized spacial score (nSPS) is 20.1. The number of nitrogens with zero attached hydrogens (tertiary/aromatic N) is 1. The van der Waals surface area contributed by atoms with Crippen LogP contribution in [0.2, 0.25) is 0 Å². The fourth-order valence-corrected chi connectivity index (χ4v) is 3.55. The van der Waals surface area contributed by atoms with Crippen LogP contribution in [0.1, 0.15) is 57.6 Å². The maximum Gasteiger partial charge on any atom is 0.123 e. The van der Waals surface area contributed by atoms with Crippen molar-refractivity contribution in [2.24, 2.45) is 5.73 Å². The van der Waals surface area contributed by atoms with Crippen molar-refractivity contribution in [1.29, 1.82) is 0 Å². The van der Waals surface area contributed by atoms with E-state index in [9.17, 15) is 4.39 Å². The van der Waals surface area contributed by atoms with Crippen LogP contribution in [0.5, 0.6) is 0 Å². The monoisotopic (exact) mass is 278 g/mol. The van der Waals surface area contributed by atoms with Crippen LogP contribution in [0, 0.1) is 5.82 Å². The highest BCUT2D eigenvalue weighted by Gasteiger charge is 2.29. The lowest BCUT2D eigenvalue weighted by molar-refractivity contribution is 0.0974. The summed E-state index contributed by atoms with van der Waals surface area (Å²) in [4.78, 5) is 2.52. The van der Waals surface area contributed by atoms with Crippen LogP contribution in [0.25, 0.3) is 0 Å². The Balaban J connectivity index is 2.22. The van der Waals surface area contributed by atoms with Crippen LogP contribution in [0.15, 0.2) is 24.3 Å². The summed E-state index contributed by atoms with van der Waals surface area (Å²) in [6.45, 7) is 5.25. The van der Waals surface area contributed by atoms with Crippen LogP contribution >= 0.6 is 0 Å². The molecule has 3 heteroatoms. The lowest BCUT2D eigenvalue weighted by atomic mass is 9.90. The van der Waals surface area contributed by atoms with Crippen LogP contribution in [-0.2, 0) is 0 Å². The predicted molar refractivity (Wildman–Crippen MR) is 82.0 cm³/mol. The van der Waals surface area contributed by atoms with E-state index in [1.807, 2.05) is 12.1 Å². The minimum absolute atomic E-state index is 0.0438. The first-order chi connectivity index (χ1) is 9.63. The van der Waals surface area contributed by atoms with Crippen LogP contribution in [0.3, 0.4) is 0 Å². The fraction of sp³-hybridized carbons (Fsp3) is 0.647. The molecule has 1 saturated carbocycles. The van der Waals surface area contributed by atoms with Gasteiger partial charge in [0.1, 0.15) is 5.82 Å². The number of likely N-dealkylation sites (N-methyl/N-ethyl adjacent to an activating group) is 1. The fourth-order valence-electron chi connectivity index (χ4n) is 3.55.